The highest BCUT2D eigenvalue weighted by atomic mass is 16.5. The minimum Gasteiger partial charge on any atom is -0.477 e. The van der Waals surface area contributed by atoms with E-state index < -0.39 is 0 Å². The van der Waals surface area contributed by atoms with E-state index in [1.165, 1.54) is 0 Å². The Hall–Kier alpha value is -1.16. The summed E-state index contributed by atoms with van der Waals surface area (Å²) in [4.78, 5) is 8.81. The van der Waals surface area contributed by atoms with E-state index in [1.54, 1.807) is 6.20 Å². The highest BCUT2D eigenvalue weighted by Crippen LogP contribution is 2.12. The Morgan fingerprint density at radius 2 is 2.14 bits per heavy atom. The van der Waals surface area contributed by atoms with Gasteiger partial charge in [0.2, 0.25) is 5.88 Å². The van der Waals surface area contributed by atoms with E-state index in [-0.39, 0.29) is 0 Å². The van der Waals surface area contributed by atoms with E-state index in [0.717, 1.165) is 37.3 Å². The van der Waals surface area contributed by atoms with Gasteiger partial charge in [-0.1, -0.05) is 0 Å². The minimum atomic E-state index is 0.645. The average molecular weight is 193 g/mol. The van der Waals surface area contributed by atoms with Gasteiger partial charge in [-0.3, -0.25) is 4.98 Å². The topological polar surface area (TPSA) is 47.0 Å². The largest absolute Gasteiger partial charge is 0.477 e. The van der Waals surface area contributed by atoms with Gasteiger partial charge >= 0.3 is 0 Å². The first-order chi connectivity index (χ1) is 6.90. The van der Waals surface area contributed by atoms with Crippen LogP contribution < -0.4 is 10.1 Å². The molecule has 0 radical (unpaired) electrons. The van der Waals surface area contributed by atoms with Crippen molar-refractivity contribution in [3.8, 4) is 5.88 Å². The fourth-order valence-electron chi connectivity index (χ4n) is 1.60. The molecule has 0 aliphatic carbocycles. The smallest absolute Gasteiger partial charge is 0.232 e. The molecule has 1 aliphatic rings. The van der Waals surface area contributed by atoms with Crippen LogP contribution in [0.25, 0.3) is 0 Å². The van der Waals surface area contributed by atoms with Crippen LogP contribution in [0.2, 0.25) is 0 Å². The molecule has 1 aromatic heterocycles. The Bertz CT molecular complexity index is 314. The molecule has 0 unspecified atom stereocenters. The molecule has 0 aromatic carbocycles. The lowest BCUT2D eigenvalue weighted by Crippen LogP contribution is -2.16. The van der Waals surface area contributed by atoms with Crippen molar-refractivity contribution in [1.29, 1.82) is 0 Å². The van der Waals surface area contributed by atoms with Crippen molar-refractivity contribution in [2.75, 3.05) is 19.7 Å². The maximum absolute atomic E-state index is 5.32. The second-order valence-electron chi connectivity index (χ2n) is 3.28. The van der Waals surface area contributed by atoms with Gasteiger partial charge in [0.15, 0.2) is 0 Å². The van der Waals surface area contributed by atoms with Crippen molar-refractivity contribution >= 4 is 0 Å². The number of rotatable bonds is 2. The van der Waals surface area contributed by atoms with Gasteiger partial charge in [-0.15, -0.1) is 0 Å². The molecule has 2 heterocycles. The van der Waals surface area contributed by atoms with E-state index in [0.29, 0.717) is 12.5 Å². The van der Waals surface area contributed by atoms with Crippen LogP contribution in [0.15, 0.2) is 6.20 Å². The van der Waals surface area contributed by atoms with E-state index in [2.05, 4.69) is 15.3 Å². The molecule has 0 spiro atoms. The van der Waals surface area contributed by atoms with Gasteiger partial charge in [0.25, 0.3) is 0 Å². The quantitative estimate of drug-likeness (QED) is 0.745. The zero-order valence-electron chi connectivity index (χ0n) is 8.42. The number of hydrogen-bond donors (Lipinski definition) is 1. The van der Waals surface area contributed by atoms with Crippen LogP contribution in [0.4, 0.5) is 0 Å². The third-order valence-corrected chi connectivity index (χ3v) is 2.28. The summed E-state index contributed by atoms with van der Waals surface area (Å²) >= 11 is 0. The molecule has 1 aromatic rings. The predicted molar refractivity (Wildman–Crippen MR) is 53.5 cm³/mol. The van der Waals surface area contributed by atoms with Gasteiger partial charge in [-0.2, -0.15) is 0 Å². The number of fused-ring (bicyclic) bond motifs is 1. The molecule has 4 nitrogen and oxygen atoms in total. The molecule has 1 aliphatic heterocycles. The van der Waals surface area contributed by atoms with Crippen LogP contribution >= 0.6 is 0 Å². The van der Waals surface area contributed by atoms with Crippen molar-refractivity contribution in [1.82, 2.24) is 15.3 Å². The summed E-state index contributed by atoms with van der Waals surface area (Å²) in [6.07, 6.45) is 3.63. The Labute approximate surface area is 83.7 Å². The van der Waals surface area contributed by atoms with Gasteiger partial charge in [0.05, 0.1) is 24.2 Å². The molecular formula is C10H15N3O. The van der Waals surface area contributed by atoms with Crippen LogP contribution in [0, 0.1) is 0 Å². The van der Waals surface area contributed by atoms with Gasteiger partial charge in [0, 0.05) is 25.9 Å². The highest BCUT2D eigenvalue weighted by molar-refractivity contribution is 5.19. The van der Waals surface area contributed by atoms with E-state index >= 15 is 0 Å². The monoisotopic (exact) mass is 193 g/mol. The third-order valence-electron chi connectivity index (χ3n) is 2.28. The number of ether oxygens (including phenoxy) is 1. The summed E-state index contributed by atoms with van der Waals surface area (Å²) < 4.78 is 5.32. The van der Waals surface area contributed by atoms with Crippen molar-refractivity contribution in [2.24, 2.45) is 0 Å². The van der Waals surface area contributed by atoms with Crippen LogP contribution in [-0.2, 0) is 12.8 Å². The molecule has 1 N–H and O–H groups in total. The normalized spacial score (nSPS) is 15.8. The van der Waals surface area contributed by atoms with Crippen molar-refractivity contribution < 1.29 is 4.74 Å². The Balaban J connectivity index is 2.23. The Kier molecular flexibility index (Phi) is 2.93. The molecule has 0 atom stereocenters. The summed E-state index contributed by atoms with van der Waals surface area (Å²) in [5, 5.41) is 3.32. The molecular weight excluding hydrogens is 178 g/mol. The lowest BCUT2D eigenvalue weighted by atomic mass is 10.2. The van der Waals surface area contributed by atoms with Crippen molar-refractivity contribution in [3.05, 3.63) is 17.6 Å². The molecule has 14 heavy (non-hydrogen) atoms. The fourth-order valence-corrected chi connectivity index (χ4v) is 1.60. The standard InChI is InChI=1S/C10H15N3O/c1-2-14-10-7-12-8-3-5-11-6-4-9(8)13-10/h7,11H,2-6H2,1H3. The zero-order valence-corrected chi connectivity index (χ0v) is 8.42. The number of nitrogens with one attached hydrogen (secondary N) is 1. The molecule has 2 rings (SSSR count). The first-order valence-corrected chi connectivity index (χ1v) is 5.08. The van der Waals surface area contributed by atoms with Crippen LogP contribution in [0.3, 0.4) is 0 Å². The minimum absolute atomic E-state index is 0.645. The highest BCUT2D eigenvalue weighted by Gasteiger charge is 2.10. The predicted octanol–water partition coefficient (Wildman–Crippen LogP) is 0.563. The first kappa shape index (κ1) is 9.40. The molecule has 0 bridgehead atoms. The van der Waals surface area contributed by atoms with Gasteiger partial charge in [0.1, 0.15) is 0 Å². The molecule has 0 amide bonds. The molecule has 0 fully saturated rings. The Morgan fingerprint density at radius 1 is 1.36 bits per heavy atom. The van der Waals surface area contributed by atoms with Crippen molar-refractivity contribution in [2.45, 2.75) is 19.8 Å². The van der Waals surface area contributed by atoms with Crippen molar-refractivity contribution in [3.63, 3.8) is 0 Å². The summed E-state index contributed by atoms with van der Waals surface area (Å²) in [7, 11) is 0. The molecule has 0 saturated carbocycles. The van der Waals surface area contributed by atoms with E-state index in [4.69, 9.17) is 4.74 Å². The maximum Gasteiger partial charge on any atom is 0.232 e. The second kappa shape index (κ2) is 4.37. The zero-order chi connectivity index (χ0) is 9.80. The summed E-state index contributed by atoms with van der Waals surface area (Å²) in [6, 6.07) is 0. The second-order valence-corrected chi connectivity index (χ2v) is 3.28. The first-order valence-electron chi connectivity index (χ1n) is 5.08. The summed E-state index contributed by atoms with van der Waals surface area (Å²) in [5.74, 6) is 0.646. The SMILES string of the molecule is CCOc1cnc2c(n1)CCNCC2. The lowest BCUT2D eigenvalue weighted by Gasteiger charge is -2.06. The lowest BCUT2D eigenvalue weighted by molar-refractivity contribution is 0.323. The molecule has 4 heteroatoms. The van der Waals surface area contributed by atoms with E-state index in [1.807, 2.05) is 6.92 Å². The van der Waals surface area contributed by atoms with Crippen LogP contribution in [0.1, 0.15) is 18.3 Å². The van der Waals surface area contributed by atoms with Gasteiger partial charge in [-0.05, 0) is 6.92 Å². The van der Waals surface area contributed by atoms with Gasteiger partial charge in [-0.25, -0.2) is 4.98 Å². The fraction of sp³-hybridized carbons (Fsp3) is 0.600. The summed E-state index contributed by atoms with van der Waals surface area (Å²) in [6.45, 7) is 4.58. The maximum atomic E-state index is 5.32. The van der Waals surface area contributed by atoms with E-state index in [9.17, 15) is 0 Å². The number of aromatic nitrogens is 2. The third kappa shape index (κ3) is 2.01. The van der Waals surface area contributed by atoms with Crippen LogP contribution in [0.5, 0.6) is 5.88 Å². The average Bonchev–Trinajstić information content (AvgIpc) is 2.42. The number of nitrogens with zero attached hydrogens (tertiary/aromatic N) is 2. The Morgan fingerprint density at radius 3 is 2.93 bits per heavy atom. The summed E-state index contributed by atoms with van der Waals surface area (Å²) in [5.41, 5.74) is 2.19. The molecule has 0 saturated heterocycles. The van der Waals surface area contributed by atoms with Gasteiger partial charge < -0.3 is 10.1 Å². The number of hydrogen-bond acceptors (Lipinski definition) is 4. The molecule has 76 valence electrons. The van der Waals surface area contributed by atoms with Crippen LogP contribution in [-0.4, -0.2) is 29.7 Å².